The van der Waals surface area contributed by atoms with Crippen molar-refractivity contribution in [3.8, 4) is 11.5 Å². The first-order valence-corrected chi connectivity index (χ1v) is 6.56. The molecule has 0 saturated carbocycles. The highest BCUT2D eigenvalue weighted by molar-refractivity contribution is 5.70. The van der Waals surface area contributed by atoms with Gasteiger partial charge >= 0.3 is 0 Å². The first-order valence-electron chi connectivity index (χ1n) is 6.56. The third-order valence-electron chi connectivity index (χ3n) is 2.88. The number of H-pyrrole nitrogens is 1. The fraction of sp³-hybridized carbons (Fsp3) is 0. The Balaban J connectivity index is 1.72. The van der Waals surface area contributed by atoms with E-state index < -0.39 is 0 Å². The summed E-state index contributed by atoms with van der Waals surface area (Å²) in [6.07, 6.45) is 0. The molecule has 0 fully saturated rings. The lowest BCUT2D eigenvalue weighted by Crippen LogP contribution is -1.84. The molecule has 22 heavy (non-hydrogen) atoms. The second-order valence-electron chi connectivity index (χ2n) is 4.48. The molecule has 0 amide bonds. The average Bonchev–Trinajstić information content (AvgIpc) is 2.86. The van der Waals surface area contributed by atoms with Crippen molar-refractivity contribution in [3.05, 3.63) is 54.6 Å². The normalized spacial score (nSPS) is 10.9. The van der Waals surface area contributed by atoms with Crippen LogP contribution < -0.4 is 16.2 Å². The molecule has 0 aliphatic heterocycles. The standard InChI is InChI=1S/C15H14N6O/c16-14-13(15(17)21-20-14)19-18-10-6-8-12(9-7-10)22-11-4-2-1-3-5-11/h1-9H,(H5,16,17,20,21). The molecular weight excluding hydrogens is 280 g/mol. The molecule has 0 saturated heterocycles. The zero-order chi connectivity index (χ0) is 15.4. The van der Waals surface area contributed by atoms with E-state index in [9.17, 15) is 0 Å². The largest absolute Gasteiger partial charge is 0.457 e. The van der Waals surface area contributed by atoms with E-state index in [0.717, 1.165) is 5.75 Å². The van der Waals surface area contributed by atoms with Crippen LogP contribution in [0.2, 0.25) is 0 Å². The van der Waals surface area contributed by atoms with Gasteiger partial charge in [-0.2, -0.15) is 10.2 Å². The van der Waals surface area contributed by atoms with Crippen LogP contribution >= 0.6 is 0 Å². The Kier molecular flexibility index (Phi) is 3.69. The zero-order valence-corrected chi connectivity index (χ0v) is 11.6. The number of hydrogen-bond donors (Lipinski definition) is 3. The van der Waals surface area contributed by atoms with Crippen molar-refractivity contribution in [1.82, 2.24) is 10.2 Å². The van der Waals surface area contributed by atoms with Crippen LogP contribution in [0, 0.1) is 0 Å². The lowest BCUT2D eigenvalue weighted by Gasteiger charge is -2.04. The monoisotopic (exact) mass is 294 g/mol. The highest BCUT2D eigenvalue weighted by atomic mass is 16.5. The summed E-state index contributed by atoms with van der Waals surface area (Å²) in [6, 6.07) is 16.7. The summed E-state index contributed by atoms with van der Waals surface area (Å²) < 4.78 is 5.69. The van der Waals surface area contributed by atoms with Gasteiger partial charge in [0.1, 0.15) is 17.3 Å². The van der Waals surface area contributed by atoms with Crippen molar-refractivity contribution in [1.29, 1.82) is 0 Å². The molecule has 1 heterocycles. The first kappa shape index (κ1) is 13.6. The van der Waals surface area contributed by atoms with Gasteiger partial charge in [0.2, 0.25) is 0 Å². The lowest BCUT2D eigenvalue weighted by molar-refractivity contribution is 0.483. The number of ether oxygens (including phenoxy) is 1. The van der Waals surface area contributed by atoms with Crippen LogP contribution in [0.25, 0.3) is 0 Å². The molecule has 0 bridgehead atoms. The van der Waals surface area contributed by atoms with E-state index in [1.807, 2.05) is 42.5 Å². The molecule has 1 aromatic heterocycles. The number of nitrogen functional groups attached to an aromatic ring is 2. The molecule has 0 unspecified atom stereocenters. The second-order valence-corrected chi connectivity index (χ2v) is 4.48. The van der Waals surface area contributed by atoms with Crippen molar-refractivity contribution in [3.63, 3.8) is 0 Å². The van der Waals surface area contributed by atoms with Gasteiger partial charge in [-0.25, -0.2) is 0 Å². The maximum atomic E-state index is 5.69. The SMILES string of the molecule is Nc1n[nH]c(N)c1N=Nc1ccc(Oc2ccccc2)cc1. The summed E-state index contributed by atoms with van der Waals surface area (Å²) >= 11 is 0. The van der Waals surface area contributed by atoms with E-state index in [2.05, 4.69) is 20.4 Å². The number of rotatable bonds is 4. The van der Waals surface area contributed by atoms with Crippen molar-refractivity contribution < 1.29 is 4.74 Å². The molecule has 7 heteroatoms. The lowest BCUT2D eigenvalue weighted by atomic mass is 10.3. The molecule has 2 aromatic carbocycles. The summed E-state index contributed by atoms with van der Waals surface area (Å²) in [5.41, 5.74) is 12.3. The van der Waals surface area contributed by atoms with Crippen molar-refractivity contribution in [2.75, 3.05) is 11.5 Å². The molecule has 110 valence electrons. The van der Waals surface area contributed by atoms with Crippen LogP contribution in [-0.4, -0.2) is 10.2 Å². The fourth-order valence-corrected chi connectivity index (χ4v) is 1.78. The van der Waals surface area contributed by atoms with E-state index in [1.165, 1.54) is 0 Å². The Labute approximate surface area is 126 Å². The molecule has 3 rings (SSSR count). The number of nitrogens with two attached hydrogens (primary N) is 2. The van der Waals surface area contributed by atoms with Gasteiger partial charge in [-0.3, -0.25) is 5.10 Å². The van der Waals surface area contributed by atoms with E-state index in [-0.39, 0.29) is 11.6 Å². The average molecular weight is 294 g/mol. The summed E-state index contributed by atoms with van der Waals surface area (Å²) in [5, 5.41) is 14.3. The maximum absolute atomic E-state index is 5.69. The zero-order valence-electron chi connectivity index (χ0n) is 11.6. The molecule has 0 aliphatic rings. The number of nitrogens with one attached hydrogen (secondary N) is 1. The van der Waals surface area contributed by atoms with Gasteiger partial charge in [0.25, 0.3) is 0 Å². The molecule has 0 spiro atoms. The summed E-state index contributed by atoms with van der Waals surface area (Å²) in [6.45, 7) is 0. The first-order chi connectivity index (χ1) is 10.7. The van der Waals surface area contributed by atoms with Gasteiger partial charge < -0.3 is 16.2 Å². The molecule has 0 aliphatic carbocycles. The minimum Gasteiger partial charge on any atom is -0.457 e. The third-order valence-corrected chi connectivity index (χ3v) is 2.88. The molecule has 5 N–H and O–H groups in total. The molecule has 0 atom stereocenters. The quantitative estimate of drug-likeness (QED) is 0.635. The number of aromatic amines is 1. The molecule has 0 radical (unpaired) electrons. The van der Waals surface area contributed by atoms with Crippen molar-refractivity contribution in [2.24, 2.45) is 10.2 Å². The summed E-state index contributed by atoms with van der Waals surface area (Å²) in [7, 11) is 0. The van der Waals surface area contributed by atoms with Crippen LogP contribution in [-0.2, 0) is 0 Å². The maximum Gasteiger partial charge on any atom is 0.175 e. The van der Waals surface area contributed by atoms with E-state index in [0.29, 0.717) is 17.1 Å². The third kappa shape index (κ3) is 3.04. The van der Waals surface area contributed by atoms with Gasteiger partial charge in [-0.05, 0) is 36.4 Å². The predicted molar refractivity (Wildman–Crippen MR) is 84.5 cm³/mol. The number of aromatic nitrogens is 2. The van der Waals surface area contributed by atoms with E-state index in [1.54, 1.807) is 12.1 Å². The number of benzene rings is 2. The number of nitrogens with zero attached hydrogens (tertiary/aromatic N) is 3. The van der Waals surface area contributed by atoms with E-state index in [4.69, 9.17) is 16.2 Å². The Morgan fingerprint density at radius 3 is 2.18 bits per heavy atom. The smallest absolute Gasteiger partial charge is 0.175 e. The van der Waals surface area contributed by atoms with Crippen LogP contribution in [0.3, 0.4) is 0 Å². The van der Waals surface area contributed by atoms with Gasteiger partial charge in [0.15, 0.2) is 11.5 Å². The molecular formula is C15H14N6O. The Hall–Kier alpha value is -3.35. The van der Waals surface area contributed by atoms with Crippen LogP contribution in [0.5, 0.6) is 11.5 Å². The minimum absolute atomic E-state index is 0.213. The molecule has 7 nitrogen and oxygen atoms in total. The van der Waals surface area contributed by atoms with Crippen LogP contribution in [0.1, 0.15) is 0 Å². The van der Waals surface area contributed by atoms with Gasteiger partial charge in [0, 0.05) is 0 Å². The van der Waals surface area contributed by atoms with Crippen molar-refractivity contribution in [2.45, 2.75) is 0 Å². The van der Waals surface area contributed by atoms with Crippen molar-refractivity contribution >= 4 is 23.0 Å². The fourth-order valence-electron chi connectivity index (χ4n) is 1.78. The summed E-state index contributed by atoms with van der Waals surface area (Å²) in [4.78, 5) is 0. The van der Waals surface area contributed by atoms with Gasteiger partial charge in [-0.1, -0.05) is 18.2 Å². The highest BCUT2D eigenvalue weighted by Gasteiger charge is 2.06. The van der Waals surface area contributed by atoms with Crippen LogP contribution in [0.4, 0.5) is 23.0 Å². The Bertz CT molecular complexity index is 760. The van der Waals surface area contributed by atoms with Crippen LogP contribution in [0.15, 0.2) is 64.8 Å². The molecule has 3 aromatic rings. The van der Waals surface area contributed by atoms with E-state index >= 15 is 0 Å². The minimum atomic E-state index is 0.213. The predicted octanol–water partition coefficient (Wildman–Crippen LogP) is 3.78. The van der Waals surface area contributed by atoms with Gasteiger partial charge in [-0.15, -0.1) is 5.11 Å². The van der Waals surface area contributed by atoms with Gasteiger partial charge in [0.05, 0.1) is 5.69 Å². The highest BCUT2D eigenvalue weighted by Crippen LogP contribution is 2.29. The topological polar surface area (TPSA) is 115 Å². The number of azo groups is 1. The number of hydrogen-bond acceptors (Lipinski definition) is 6. The Morgan fingerprint density at radius 2 is 1.55 bits per heavy atom. The number of para-hydroxylation sites is 1. The Morgan fingerprint density at radius 1 is 0.864 bits per heavy atom. The number of anilines is 2. The second kappa shape index (κ2) is 5.96. The summed E-state index contributed by atoms with van der Waals surface area (Å²) in [5.74, 6) is 1.99.